The normalized spacial score (nSPS) is 16.8. The molecule has 6 rings (SSSR count). The number of anilines is 1. The van der Waals surface area contributed by atoms with Gasteiger partial charge in [0.1, 0.15) is 47.9 Å². The molecule has 0 radical (unpaired) electrons. The van der Waals surface area contributed by atoms with Gasteiger partial charge < -0.3 is 41.3 Å². The van der Waals surface area contributed by atoms with Crippen molar-refractivity contribution in [2.75, 3.05) is 24.8 Å². The first-order valence-electron chi connectivity index (χ1n) is 17.1. The maximum atomic E-state index is 13.9. The van der Waals surface area contributed by atoms with E-state index in [2.05, 4.69) is 34.7 Å². The number of hydrogen-bond acceptors (Lipinski definition) is 14. The molecule has 55 heavy (non-hydrogen) atoms. The number of esters is 1. The van der Waals surface area contributed by atoms with Gasteiger partial charge in [-0.05, 0) is 64.4 Å². The summed E-state index contributed by atoms with van der Waals surface area (Å²) in [6, 6.07) is 9.93. The first-order valence-corrected chi connectivity index (χ1v) is 18.9. The van der Waals surface area contributed by atoms with E-state index in [0.29, 0.717) is 23.6 Å². The summed E-state index contributed by atoms with van der Waals surface area (Å²) in [6.07, 6.45) is 2.89. The highest BCUT2D eigenvalue weighted by Crippen LogP contribution is 2.41. The number of benzene rings is 1. The smallest absolute Gasteiger partial charge is 0.414 e. The van der Waals surface area contributed by atoms with E-state index in [-0.39, 0.29) is 59.1 Å². The molecule has 1 aromatic carbocycles. The zero-order valence-electron chi connectivity index (χ0n) is 30.9. The van der Waals surface area contributed by atoms with Gasteiger partial charge in [-0.15, -0.1) is 16.7 Å². The van der Waals surface area contributed by atoms with Crippen LogP contribution >= 0.6 is 23.3 Å². The maximum Gasteiger partial charge on any atom is 0.414 e. The van der Waals surface area contributed by atoms with Crippen LogP contribution in [0.4, 0.5) is 9.93 Å². The Morgan fingerprint density at radius 3 is 2.58 bits per heavy atom. The van der Waals surface area contributed by atoms with Crippen LogP contribution < -0.4 is 36.9 Å². The predicted molar refractivity (Wildman–Crippen MR) is 198 cm³/mol. The lowest BCUT2D eigenvalue weighted by atomic mass is 10.0. The number of imidazole rings is 1. The zero-order valence-corrected chi connectivity index (χ0v) is 34.1. The Bertz CT molecular complexity index is 2130. The molecule has 0 saturated carbocycles. The summed E-state index contributed by atoms with van der Waals surface area (Å²) < 4.78 is 24.4. The fraction of sp³-hybridized carbons (Fsp3) is 0.400. The van der Waals surface area contributed by atoms with Crippen LogP contribution in [0.15, 0.2) is 65.3 Å². The molecule has 2 aliphatic heterocycles. The number of fused-ring (bicyclic) bond motifs is 2. The van der Waals surface area contributed by atoms with E-state index in [1.54, 1.807) is 65.3 Å². The Hall–Kier alpha value is -5.08. The Balaban J connectivity index is 0.00000580. The minimum Gasteiger partial charge on any atom is -1.00 e. The van der Waals surface area contributed by atoms with Crippen LogP contribution in [0.3, 0.4) is 0 Å². The second-order valence-electron chi connectivity index (χ2n) is 13.0. The zero-order chi connectivity index (χ0) is 38.6. The molecule has 3 amide bonds. The molecule has 2 atom stereocenters. The molecule has 3 aromatic heterocycles. The van der Waals surface area contributed by atoms with E-state index in [1.807, 2.05) is 30.0 Å². The Labute approximate surface area is 335 Å². The third-order valence-corrected chi connectivity index (χ3v) is 10.1. The molecule has 4 aromatic rings. The topological polar surface area (TPSA) is 192 Å². The number of carbonyl (C=O) groups excluding carboxylic acids is 4. The minimum absolute atomic E-state index is 0. The van der Waals surface area contributed by atoms with Gasteiger partial charge in [-0.2, -0.15) is 9.36 Å². The number of halogens is 1. The second-order valence-corrected chi connectivity index (χ2v) is 14.9. The number of pyridine rings is 1. The number of hydrogen-bond donors (Lipinski definition) is 2. The molecule has 0 spiro atoms. The van der Waals surface area contributed by atoms with Crippen molar-refractivity contribution in [1.82, 2.24) is 29.1 Å². The van der Waals surface area contributed by atoms with Crippen molar-refractivity contribution in [2.45, 2.75) is 71.3 Å². The lowest BCUT2D eigenvalue weighted by Crippen LogP contribution is -3.00. The number of aryl methyl sites for hydroxylation is 1. The minimum atomic E-state index is -1.02. The quantitative estimate of drug-likeness (QED) is 0.0620. The van der Waals surface area contributed by atoms with Crippen molar-refractivity contribution < 1.29 is 59.8 Å². The average molecular weight is 859 g/mol. The molecule has 1 fully saturated rings. The second kappa shape index (κ2) is 17.6. The molecule has 20 heteroatoms. The molecule has 5 heterocycles. The van der Waals surface area contributed by atoms with Gasteiger partial charge in [-0.25, -0.2) is 14.2 Å². The Morgan fingerprint density at radius 2 is 1.89 bits per heavy atom. The Morgan fingerprint density at radius 1 is 1.13 bits per heavy atom. The maximum absolute atomic E-state index is 13.9. The van der Waals surface area contributed by atoms with Crippen molar-refractivity contribution in [1.29, 1.82) is 0 Å². The number of ether oxygens (including phenoxy) is 3. The first-order chi connectivity index (χ1) is 25.9. The predicted octanol–water partition coefficient (Wildman–Crippen LogP) is 0.393. The number of nitrogens with zero attached hydrogens (tertiary/aromatic N) is 7. The van der Waals surface area contributed by atoms with Crippen molar-refractivity contribution in [2.24, 2.45) is 5.16 Å². The highest BCUT2D eigenvalue weighted by molar-refractivity contribution is 8.00. The van der Waals surface area contributed by atoms with E-state index in [1.165, 1.54) is 16.7 Å². The van der Waals surface area contributed by atoms with E-state index < -0.39 is 40.9 Å². The summed E-state index contributed by atoms with van der Waals surface area (Å²) in [5.41, 5.74) is 2.13. The Kier molecular flexibility index (Phi) is 13.1. The van der Waals surface area contributed by atoms with E-state index >= 15 is 0 Å². The third kappa shape index (κ3) is 9.25. The van der Waals surface area contributed by atoms with E-state index in [9.17, 15) is 19.2 Å². The van der Waals surface area contributed by atoms with Gasteiger partial charge in [0.25, 0.3) is 11.8 Å². The van der Waals surface area contributed by atoms with Crippen LogP contribution in [0, 0.1) is 0 Å². The van der Waals surface area contributed by atoms with Gasteiger partial charge in [0.2, 0.25) is 16.7 Å². The van der Waals surface area contributed by atoms with Gasteiger partial charge in [0, 0.05) is 22.9 Å². The summed E-state index contributed by atoms with van der Waals surface area (Å²) in [5.74, 6) is -1.07. The number of aromatic nitrogens is 5. The van der Waals surface area contributed by atoms with Crippen molar-refractivity contribution in [3.05, 3.63) is 71.6 Å². The highest BCUT2D eigenvalue weighted by Gasteiger charge is 2.55. The van der Waals surface area contributed by atoms with Gasteiger partial charge in [0.05, 0.1) is 20.2 Å². The monoisotopic (exact) mass is 857 g/mol. The average Bonchev–Trinajstić information content (AvgIpc) is 3.76. The largest absolute Gasteiger partial charge is 1.00 e. The molecule has 2 unspecified atom stereocenters. The lowest BCUT2D eigenvalue weighted by Gasteiger charge is -2.49. The van der Waals surface area contributed by atoms with Crippen molar-refractivity contribution >= 4 is 69.2 Å². The molecule has 1 saturated heterocycles. The van der Waals surface area contributed by atoms with Gasteiger partial charge in [-0.3, -0.25) is 24.4 Å². The molecule has 292 valence electrons. The molecule has 0 bridgehead atoms. The molecule has 17 nitrogen and oxygen atoms in total. The summed E-state index contributed by atoms with van der Waals surface area (Å²) in [5, 5.41) is 8.56. The fourth-order valence-electron chi connectivity index (χ4n) is 5.71. The van der Waals surface area contributed by atoms with Gasteiger partial charge in [-0.1, -0.05) is 17.3 Å². The number of amides is 3. The summed E-state index contributed by atoms with van der Waals surface area (Å²) >= 11 is 2.21. The third-order valence-electron chi connectivity index (χ3n) is 8.13. The lowest BCUT2D eigenvalue weighted by molar-refractivity contribution is -0.665. The van der Waals surface area contributed by atoms with Crippen LogP contribution in [-0.2, 0) is 48.4 Å². The molecule has 2 aliphatic rings. The summed E-state index contributed by atoms with van der Waals surface area (Å²) in [4.78, 5) is 69.1. The van der Waals surface area contributed by atoms with Crippen LogP contribution in [-0.4, -0.2) is 89.9 Å². The number of rotatable bonds is 13. The number of carbonyl (C=O) groups is 4. The SMILES string of the molecule is CCO/N=C(\C(=O)NC1C(=O)N2C(C(=O)OCc3ccc(OC)cc3)=C(C[n+]3cn(CC)c4cccnc43)CSC12)c1nsc(NC(=O)OC(C)(C)C)n1.[Br-]. The molecular formula is C35H40BrN9O8S2. The van der Waals surface area contributed by atoms with E-state index in [0.717, 1.165) is 28.3 Å². The number of oxime groups is 1. The summed E-state index contributed by atoms with van der Waals surface area (Å²) in [7, 11) is 1.57. The molecule has 0 aliphatic carbocycles. The number of methoxy groups -OCH3 is 1. The number of nitrogens with one attached hydrogen (secondary N) is 2. The summed E-state index contributed by atoms with van der Waals surface area (Å²) in [6.45, 7) is 9.95. The molecule has 2 N–H and O–H groups in total. The molecular weight excluding hydrogens is 818 g/mol. The highest BCUT2D eigenvalue weighted by atomic mass is 79.9. The van der Waals surface area contributed by atoms with Crippen LogP contribution in [0.5, 0.6) is 5.75 Å². The van der Waals surface area contributed by atoms with Crippen molar-refractivity contribution in [3.8, 4) is 5.75 Å². The first kappa shape index (κ1) is 41.1. The van der Waals surface area contributed by atoms with Crippen LogP contribution in [0.1, 0.15) is 46.0 Å². The number of β-lactam (4-membered cyclic amide) rings is 1. The fourth-order valence-corrected chi connectivity index (χ4v) is 7.60. The van der Waals surface area contributed by atoms with Gasteiger partial charge >= 0.3 is 17.7 Å². The standard InChI is InChI=1S/C35H39N9O8S2.BrH/c1-7-42-19-43(28-23(42)10-9-15-36-28)16-21-18-53-31-25(30(46)44(31)26(21)32(47)50-17-20-11-13-22(49-6)14-12-20)37-29(45)24(40-51-8-2)27-38-33(54-41-27)39-34(48)52-35(3,4)5;/h9-15,19,25,31H,7-8,16-18H2,1-6H3,(H-,37,38,39,41,45,48);1H/b40-24-;. The van der Waals surface area contributed by atoms with Gasteiger partial charge in [0.15, 0.2) is 11.8 Å². The number of thioether (sulfide) groups is 1. The van der Waals surface area contributed by atoms with E-state index in [4.69, 9.17) is 19.0 Å². The van der Waals surface area contributed by atoms with Crippen LogP contribution in [0.25, 0.3) is 11.2 Å². The van der Waals surface area contributed by atoms with Crippen LogP contribution in [0.2, 0.25) is 0 Å². The van der Waals surface area contributed by atoms with Crippen molar-refractivity contribution in [3.63, 3.8) is 0 Å².